The molecule has 1 saturated carbocycles. The normalized spacial score (nSPS) is 24.3. The quantitative estimate of drug-likeness (QED) is 0.671. The van der Waals surface area contributed by atoms with Crippen molar-refractivity contribution in [3.05, 3.63) is 25.3 Å². The van der Waals surface area contributed by atoms with Crippen molar-refractivity contribution in [3.8, 4) is 0 Å². The van der Waals surface area contributed by atoms with Gasteiger partial charge in [-0.3, -0.25) is 9.69 Å². The molecular weight excluding hydrogens is 272 g/mol. The van der Waals surface area contributed by atoms with Gasteiger partial charge in [0.25, 0.3) is 0 Å². The van der Waals surface area contributed by atoms with Gasteiger partial charge < -0.3 is 4.90 Å². The number of nitrogens with zero attached hydrogens (tertiary/aromatic N) is 2. The third-order valence-electron chi connectivity index (χ3n) is 5.22. The maximum atomic E-state index is 12.4. The van der Waals surface area contributed by atoms with E-state index < -0.39 is 0 Å². The Kier molecular flexibility index (Phi) is 7.17. The molecule has 0 N–H and O–H groups in total. The zero-order chi connectivity index (χ0) is 15.8. The van der Waals surface area contributed by atoms with Gasteiger partial charge in [0.1, 0.15) is 0 Å². The van der Waals surface area contributed by atoms with Gasteiger partial charge >= 0.3 is 0 Å². The van der Waals surface area contributed by atoms with Gasteiger partial charge in [-0.1, -0.05) is 31.4 Å². The summed E-state index contributed by atoms with van der Waals surface area (Å²) >= 11 is 0. The number of likely N-dealkylation sites (tertiary alicyclic amines) is 1. The minimum Gasteiger partial charge on any atom is -0.342 e. The Bertz CT molecular complexity index is 364. The van der Waals surface area contributed by atoms with Gasteiger partial charge in [0, 0.05) is 38.6 Å². The molecule has 1 unspecified atom stereocenters. The van der Waals surface area contributed by atoms with Crippen LogP contribution in [-0.2, 0) is 4.79 Å². The van der Waals surface area contributed by atoms with E-state index in [1.807, 2.05) is 12.2 Å². The lowest BCUT2D eigenvalue weighted by Crippen LogP contribution is -2.38. The van der Waals surface area contributed by atoms with Crippen molar-refractivity contribution in [2.45, 2.75) is 57.4 Å². The first kappa shape index (κ1) is 17.3. The molecule has 3 heteroatoms. The molecule has 3 nitrogen and oxygen atoms in total. The average molecular weight is 304 g/mol. The zero-order valence-corrected chi connectivity index (χ0v) is 14.0. The van der Waals surface area contributed by atoms with Gasteiger partial charge in [-0.2, -0.15) is 0 Å². The van der Waals surface area contributed by atoms with Crippen LogP contribution in [0.4, 0.5) is 0 Å². The summed E-state index contributed by atoms with van der Waals surface area (Å²) in [5, 5.41) is 0. The predicted octanol–water partition coefficient (Wildman–Crippen LogP) is 3.62. The molecule has 0 aromatic heterocycles. The molecule has 1 aliphatic heterocycles. The summed E-state index contributed by atoms with van der Waals surface area (Å²) in [4.78, 5) is 17.0. The third-order valence-corrected chi connectivity index (χ3v) is 5.22. The molecular formula is C19H32N2O. The number of carbonyl (C=O) groups excluding carboxylic acids is 1. The minimum absolute atomic E-state index is 0.366. The third kappa shape index (κ3) is 4.98. The van der Waals surface area contributed by atoms with Crippen molar-refractivity contribution < 1.29 is 4.79 Å². The van der Waals surface area contributed by atoms with Crippen LogP contribution in [0.3, 0.4) is 0 Å². The topological polar surface area (TPSA) is 23.6 Å². The Hall–Kier alpha value is -1.09. The standard InChI is InChI=1S/C19H32N2O/c1-3-13-20(14-4-2)18-10-11-19(22)21(15-12-18)16-17-8-6-5-7-9-17/h3-4,17-18H,1-2,5-16H2. The Balaban J connectivity index is 1.89. The second-order valence-electron chi connectivity index (χ2n) is 6.86. The Morgan fingerprint density at radius 3 is 2.36 bits per heavy atom. The van der Waals surface area contributed by atoms with Crippen LogP contribution in [0.1, 0.15) is 51.4 Å². The van der Waals surface area contributed by atoms with E-state index in [1.54, 1.807) is 0 Å². The minimum atomic E-state index is 0.366. The van der Waals surface area contributed by atoms with Gasteiger partial charge in [0.15, 0.2) is 0 Å². The maximum absolute atomic E-state index is 12.4. The summed E-state index contributed by atoms with van der Waals surface area (Å²) in [5.41, 5.74) is 0. The van der Waals surface area contributed by atoms with Crippen LogP contribution in [0.25, 0.3) is 0 Å². The average Bonchev–Trinajstić information content (AvgIpc) is 2.71. The highest BCUT2D eigenvalue weighted by Crippen LogP contribution is 2.26. The first-order valence-electron chi connectivity index (χ1n) is 8.98. The lowest BCUT2D eigenvalue weighted by molar-refractivity contribution is -0.131. The highest BCUT2D eigenvalue weighted by Gasteiger charge is 2.27. The van der Waals surface area contributed by atoms with E-state index in [1.165, 1.54) is 32.1 Å². The summed E-state index contributed by atoms with van der Waals surface area (Å²) in [5.74, 6) is 1.11. The van der Waals surface area contributed by atoms with Crippen LogP contribution in [0.5, 0.6) is 0 Å². The molecule has 0 aromatic rings. The molecule has 124 valence electrons. The van der Waals surface area contributed by atoms with Crippen molar-refractivity contribution in [2.24, 2.45) is 5.92 Å². The molecule has 0 radical (unpaired) electrons. The van der Waals surface area contributed by atoms with Crippen molar-refractivity contribution in [1.82, 2.24) is 9.80 Å². The fraction of sp³-hybridized carbons (Fsp3) is 0.737. The SMILES string of the molecule is C=CCN(CC=C)C1CCC(=O)N(CC2CCCCC2)CC1. The van der Waals surface area contributed by atoms with Crippen molar-refractivity contribution in [2.75, 3.05) is 26.2 Å². The molecule has 1 atom stereocenters. The van der Waals surface area contributed by atoms with Crippen LogP contribution < -0.4 is 0 Å². The highest BCUT2D eigenvalue weighted by molar-refractivity contribution is 5.76. The molecule has 1 amide bonds. The lowest BCUT2D eigenvalue weighted by atomic mass is 9.89. The molecule has 1 saturated heterocycles. The van der Waals surface area contributed by atoms with E-state index in [-0.39, 0.29) is 0 Å². The second kappa shape index (κ2) is 9.14. The van der Waals surface area contributed by atoms with E-state index >= 15 is 0 Å². The fourth-order valence-corrected chi connectivity index (χ4v) is 3.97. The number of rotatable bonds is 7. The molecule has 2 rings (SSSR count). The smallest absolute Gasteiger partial charge is 0.222 e. The molecule has 2 aliphatic rings. The second-order valence-corrected chi connectivity index (χ2v) is 6.86. The van der Waals surface area contributed by atoms with E-state index in [9.17, 15) is 4.79 Å². The highest BCUT2D eigenvalue weighted by atomic mass is 16.2. The maximum Gasteiger partial charge on any atom is 0.222 e. The van der Waals surface area contributed by atoms with Gasteiger partial charge in [0.2, 0.25) is 5.91 Å². The summed E-state index contributed by atoms with van der Waals surface area (Å²) < 4.78 is 0. The molecule has 0 bridgehead atoms. The van der Waals surface area contributed by atoms with Crippen LogP contribution in [0.15, 0.2) is 25.3 Å². The summed E-state index contributed by atoms with van der Waals surface area (Å²) in [6.45, 7) is 11.4. The Morgan fingerprint density at radius 2 is 1.73 bits per heavy atom. The number of hydrogen-bond donors (Lipinski definition) is 0. The number of hydrogen-bond acceptors (Lipinski definition) is 2. The van der Waals surface area contributed by atoms with Gasteiger partial charge in [-0.25, -0.2) is 0 Å². The van der Waals surface area contributed by atoms with Gasteiger partial charge in [-0.15, -0.1) is 13.2 Å². The molecule has 1 aliphatic carbocycles. The van der Waals surface area contributed by atoms with E-state index in [0.29, 0.717) is 18.4 Å². The lowest BCUT2D eigenvalue weighted by Gasteiger charge is -2.30. The number of carbonyl (C=O) groups is 1. The van der Waals surface area contributed by atoms with Gasteiger partial charge in [-0.05, 0) is 31.6 Å². The molecule has 1 heterocycles. The summed E-state index contributed by atoms with van der Waals surface area (Å²) in [6, 6.07) is 0.483. The first-order chi connectivity index (χ1) is 10.7. The van der Waals surface area contributed by atoms with Gasteiger partial charge in [0.05, 0.1) is 0 Å². The number of amides is 1. The first-order valence-corrected chi connectivity index (χ1v) is 8.98. The molecule has 2 fully saturated rings. The van der Waals surface area contributed by atoms with E-state index in [0.717, 1.165) is 44.9 Å². The predicted molar refractivity (Wildman–Crippen MR) is 92.8 cm³/mol. The van der Waals surface area contributed by atoms with Crippen LogP contribution in [0.2, 0.25) is 0 Å². The fourth-order valence-electron chi connectivity index (χ4n) is 3.97. The van der Waals surface area contributed by atoms with Crippen LogP contribution >= 0.6 is 0 Å². The van der Waals surface area contributed by atoms with E-state index in [4.69, 9.17) is 0 Å². The van der Waals surface area contributed by atoms with Crippen LogP contribution in [-0.4, -0.2) is 47.9 Å². The molecule has 0 spiro atoms. The summed E-state index contributed by atoms with van der Waals surface area (Å²) in [7, 11) is 0. The summed E-state index contributed by atoms with van der Waals surface area (Å²) in [6.07, 6.45) is 13.4. The van der Waals surface area contributed by atoms with Crippen molar-refractivity contribution in [1.29, 1.82) is 0 Å². The Labute approximate surface area is 136 Å². The Morgan fingerprint density at radius 1 is 1.05 bits per heavy atom. The zero-order valence-electron chi connectivity index (χ0n) is 14.0. The van der Waals surface area contributed by atoms with Crippen molar-refractivity contribution >= 4 is 5.91 Å². The molecule has 0 aromatic carbocycles. The largest absolute Gasteiger partial charge is 0.342 e. The van der Waals surface area contributed by atoms with Crippen LogP contribution in [0, 0.1) is 5.92 Å². The van der Waals surface area contributed by atoms with E-state index in [2.05, 4.69) is 23.0 Å². The monoisotopic (exact) mass is 304 g/mol. The molecule has 22 heavy (non-hydrogen) atoms. The van der Waals surface area contributed by atoms with Crippen molar-refractivity contribution in [3.63, 3.8) is 0 Å².